The predicted octanol–water partition coefficient (Wildman–Crippen LogP) is 9.60. The van der Waals surface area contributed by atoms with E-state index in [9.17, 15) is 9.59 Å². The number of unbranched alkanes of at least 4 members (excludes halogenated alkanes) is 3. The molecule has 0 radical (unpaired) electrons. The van der Waals surface area contributed by atoms with Crippen molar-refractivity contribution in [3.8, 4) is 0 Å². The van der Waals surface area contributed by atoms with Crippen LogP contribution in [0.25, 0.3) is 0 Å². The van der Waals surface area contributed by atoms with E-state index in [0.717, 1.165) is 77.0 Å². The van der Waals surface area contributed by atoms with Crippen molar-refractivity contribution in [2.24, 2.45) is 0 Å². The molecule has 0 rings (SSSR count). The molecule has 0 aliphatic heterocycles. The molecule has 1 atom stereocenters. The van der Waals surface area contributed by atoms with Crippen LogP contribution in [0.4, 0.5) is 0 Å². The lowest BCUT2D eigenvalue weighted by Gasteiger charge is -2.17. The molecule has 0 bridgehead atoms. The Kier molecular flexibility index (Phi) is 26.0. The molecule has 0 saturated heterocycles. The number of carboxylic acid groups (broad SMARTS) is 1. The summed E-state index contributed by atoms with van der Waals surface area (Å²) in [4.78, 5) is 22.8. The minimum atomic E-state index is -0.747. The number of esters is 1. The fourth-order valence-electron chi connectivity index (χ4n) is 3.60. The lowest BCUT2D eigenvalue weighted by molar-refractivity contribution is -0.149. The average Bonchev–Trinajstić information content (AvgIpc) is 2.88. The van der Waals surface area contributed by atoms with E-state index in [2.05, 4.69) is 80.7 Å². The van der Waals surface area contributed by atoms with E-state index in [1.165, 1.54) is 0 Å². The molecular weight excluding hydrogens is 460 g/mol. The minimum absolute atomic E-state index is 0.0393. The maximum atomic E-state index is 12.2. The normalized spacial score (nSPS) is 13.4. The zero-order chi connectivity index (χ0) is 27.2. The van der Waals surface area contributed by atoms with Crippen LogP contribution in [0.3, 0.4) is 0 Å². The fraction of sp³-hybridized carbons (Fsp3) is 0.576. The van der Waals surface area contributed by atoms with Crippen molar-refractivity contribution >= 4 is 11.9 Å². The molecular formula is C33H52O4. The van der Waals surface area contributed by atoms with Gasteiger partial charge in [0.2, 0.25) is 0 Å². The van der Waals surface area contributed by atoms with E-state index >= 15 is 0 Å². The lowest BCUT2D eigenvalue weighted by Crippen LogP contribution is -2.18. The van der Waals surface area contributed by atoms with E-state index in [0.29, 0.717) is 19.3 Å². The molecule has 37 heavy (non-hydrogen) atoms. The number of carbonyl (C=O) groups is 2. The van der Waals surface area contributed by atoms with Gasteiger partial charge in [0.05, 0.1) is 0 Å². The van der Waals surface area contributed by atoms with Crippen molar-refractivity contribution in [1.82, 2.24) is 0 Å². The number of aliphatic carboxylic acids is 1. The van der Waals surface area contributed by atoms with Crippen LogP contribution in [0.2, 0.25) is 0 Å². The SMILES string of the molecule is CC/C=C\C/C=C\C/C=C\C/C=C\C/C=C\C/C=C\CCC(=O)OC(CCCC)CCCCCC(=O)O. The third-order valence-electron chi connectivity index (χ3n) is 5.71. The largest absolute Gasteiger partial charge is 0.481 e. The van der Waals surface area contributed by atoms with Gasteiger partial charge in [-0.15, -0.1) is 0 Å². The fourth-order valence-corrected chi connectivity index (χ4v) is 3.60. The van der Waals surface area contributed by atoms with Gasteiger partial charge in [-0.1, -0.05) is 106 Å². The van der Waals surface area contributed by atoms with Gasteiger partial charge in [-0.2, -0.15) is 0 Å². The summed E-state index contributed by atoms with van der Waals surface area (Å²) in [7, 11) is 0. The smallest absolute Gasteiger partial charge is 0.306 e. The second-order valence-electron chi connectivity index (χ2n) is 9.20. The summed E-state index contributed by atoms with van der Waals surface area (Å²) in [6, 6.07) is 0. The van der Waals surface area contributed by atoms with Crippen molar-refractivity contribution in [2.75, 3.05) is 0 Å². The van der Waals surface area contributed by atoms with Crippen molar-refractivity contribution in [3.63, 3.8) is 0 Å². The molecule has 4 nitrogen and oxygen atoms in total. The van der Waals surface area contributed by atoms with E-state index in [1.54, 1.807) is 0 Å². The lowest BCUT2D eigenvalue weighted by atomic mass is 10.0. The number of carboxylic acids is 1. The number of carbonyl (C=O) groups excluding carboxylic acids is 1. The third kappa shape index (κ3) is 27.8. The van der Waals surface area contributed by atoms with Gasteiger partial charge in [0.15, 0.2) is 0 Å². The molecule has 0 aromatic heterocycles. The van der Waals surface area contributed by atoms with E-state index in [-0.39, 0.29) is 18.5 Å². The summed E-state index contributed by atoms with van der Waals surface area (Å²) in [6.07, 6.45) is 39.5. The standard InChI is InChI=1S/C33H52O4/c1-3-5-7-8-9-10-11-12-13-14-15-16-17-18-19-20-21-22-26-30-33(36)37-31(27-6-4-2)28-24-23-25-29-32(34)35/h5,7,9-10,12-13,15-16,18-19,21-22,31H,3-4,6,8,11,14,17,20,23-30H2,1-2H3,(H,34,35)/b7-5-,10-9-,13-12-,16-15-,19-18-,22-21-. The first kappa shape index (κ1) is 34.4. The van der Waals surface area contributed by atoms with Gasteiger partial charge in [0.25, 0.3) is 0 Å². The van der Waals surface area contributed by atoms with Crippen LogP contribution in [0, 0.1) is 0 Å². The maximum Gasteiger partial charge on any atom is 0.306 e. The topological polar surface area (TPSA) is 63.6 Å². The Hall–Kier alpha value is -2.62. The molecule has 1 unspecified atom stereocenters. The highest BCUT2D eigenvalue weighted by molar-refractivity contribution is 5.69. The number of hydrogen-bond donors (Lipinski definition) is 1. The van der Waals surface area contributed by atoms with Gasteiger partial charge in [-0.05, 0) is 70.6 Å². The van der Waals surface area contributed by atoms with Gasteiger partial charge in [0.1, 0.15) is 6.10 Å². The van der Waals surface area contributed by atoms with Crippen LogP contribution in [0.15, 0.2) is 72.9 Å². The van der Waals surface area contributed by atoms with Gasteiger partial charge in [-0.25, -0.2) is 0 Å². The minimum Gasteiger partial charge on any atom is -0.481 e. The van der Waals surface area contributed by atoms with Crippen LogP contribution in [-0.4, -0.2) is 23.1 Å². The molecule has 208 valence electrons. The van der Waals surface area contributed by atoms with Crippen LogP contribution in [-0.2, 0) is 14.3 Å². The van der Waals surface area contributed by atoms with Crippen LogP contribution in [0.5, 0.6) is 0 Å². The predicted molar refractivity (Wildman–Crippen MR) is 158 cm³/mol. The van der Waals surface area contributed by atoms with Crippen molar-refractivity contribution < 1.29 is 19.4 Å². The summed E-state index contributed by atoms with van der Waals surface area (Å²) in [5, 5.41) is 8.72. The summed E-state index contributed by atoms with van der Waals surface area (Å²) in [5.74, 6) is -0.880. The van der Waals surface area contributed by atoms with E-state index in [1.807, 2.05) is 6.08 Å². The third-order valence-corrected chi connectivity index (χ3v) is 5.71. The molecule has 0 heterocycles. The van der Waals surface area contributed by atoms with Gasteiger partial charge < -0.3 is 9.84 Å². The summed E-state index contributed by atoms with van der Waals surface area (Å²) in [6.45, 7) is 4.28. The molecule has 0 aliphatic rings. The highest BCUT2D eigenvalue weighted by Gasteiger charge is 2.13. The zero-order valence-corrected chi connectivity index (χ0v) is 23.5. The quantitative estimate of drug-likeness (QED) is 0.0794. The number of hydrogen-bond acceptors (Lipinski definition) is 3. The molecule has 4 heteroatoms. The van der Waals surface area contributed by atoms with Crippen LogP contribution < -0.4 is 0 Å². The van der Waals surface area contributed by atoms with Crippen molar-refractivity contribution in [2.45, 2.75) is 123 Å². The molecule has 0 fully saturated rings. The molecule has 1 N–H and O–H groups in total. The number of allylic oxidation sites excluding steroid dienone is 12. The molecule has 0 aliphatic carbocycles. The number of rotatable bonds is 24. The summed E-state index contributed by atoms with van der Waals surface area (Å²) < 4.78 is 5.70. The van der Waals surface area contributed by atoms with E-state index in [4.69, 9.17) is 9.84 Å². The Balaban J connectivity index is 3.89. The molecule has 0 spiro atoms. The molecule has 0 amide bonds. The Labute approximate surface area is 227 Å². The average molecular weight is 513 g/mol. The highest BCUT2D eigenvalue weighted by atomic mass is 16.5. The Morgan fingerprint density at radius 2 is 1.11 bits per heavy atom. The van der Waals surface area contributed by atoms with Crippen molar-refractivity contribution in [3.05, 3.63) is 72.9 Å². The Morgan fingerprint density at radius 1 is 0.622 bits per heavy atom. The second-order valence-corrected chi connectivity index (χ2v) is 9.20. The maximum absolute atomic E-state index is 12.2. The first-order valence-electron chi connectivity index (χ1n) is 14.4. The van der Waals surface area contributed by atoms with Gasteiger partial charge >= 0.3 is 11.9 Å². The molecule has 0 aromatic carbocycles. The van der Waals surface area contributed by atoms with Gasteiger partial charge in [-0.3, -0.25) is 9.59 Å². The first-order valence-corrected chi connectivity index (χ1v) is 14.4. The Bertz CT molecular complexity index is 725. The molecule has 0 aromatic rings. The zero-order valence-electron chi connectivity index (χ0n) is 23.5. The van der Waals surface area contributed by atoms with Crippen molar-refractivity contribution in [1.29, 1.82) is 0 Å². The van der Waals surface area contributed by atoms with E-state index < -0.39 is 5.97 Å². The van der Waals surface area contributed by atoms with Gasteiger partial charge in [0, 0.05) is 12.8 Å². The Morgan fingerprint density at radius 3 is 1.59 bits per heavy atom. The number of ether oxygens (including phenoxy) is 1. The highest BCUT2D eigenvalue weighted by Crippen LogP contribution is 2.15. The molecule has 0 saturated carbocycles. The second kappa shape index (κ2) is 28.0. The van der Waals surface area contributed by atoms with Crippen LogP contribution >= 0.6 is 0 Å². The van der Waals surface area contributed by atoms with Crippen LogP contribution in [0.1, 0.15) is 117 Å². The monoisotopic (exact) mass is 512 g/mol. The first-order chi connectivity index (χ1) is 18.1. The summed E-state index contributed by atoms with van der Waals surface area (Å²) in [5.41, 5.74) is 0. The summed E-state index contributed by atoms with van der Waals surface area (Å²) >= 11 is 0.